The smallest absolute Gasteiger partial charge is 0.325 e. The van der Waals surface area contributed by atoms with Crippen LogP contribution in [0.3, 0.4) is 0 Å². The molecule has 5 nitrogen and oxygen atoms in total. The minimum absolute atomic E-state index is 0.0359. The standard InChI is InChI=1S/C13H22N2O3/c1-2-18-12(16)9-15(11-5-6-11)13(17)10-4-3-7-14-8-10/h10-11,14H,2-9H2,1H3/t10-/m1/s1. The molecule has 0 radical (unpaired) electrons. The first-order valence-corrected chi connectivity index (χ1v) is 6.89. The van der Waals surface area contributed by atoms with Crippen LogP contribution < -0.4 is 5.32 Å². The maximum absolute atomic E-state index is 12.4. The Bertz CT molecular complexity index is 309. The average molecular weight is 254 g/mol. The predicted molar refractivity (Wildman–Crippen MR) is 67.0 cm³/mol. The van der Waals surface area contributed by atoms with E-state index >= 15 is 0 Å². The third kappa shape index (κ3) is 3.45. The number of carbonyl (C=O) groups is 2. The predicted octanol–water partition coefficient (Wildman–Crippen LogP) is 0.540. The summed E-state index contributed by atoms with van der Waals surface area (Å²) in [6, 6.07) is 0.267. The first-order valence-electron chi connectivity index (χ1n) is 6.89. The van der Waals surface area contributed by atoms with Gasteiger partial charge >= 0.3 is 5.97 Å². The second-order valence-corrected chi connectivity index (χ2v) is 5.05. The lowest BCUT2D eigenvalue weighted by Gasteiger charge is -2.29. The van der Waals surface area contributed by atoms with Gasteiger partial charge in [-0.25, -0.2) is 0 Å². The van der Waals surface area contributed by atoms with Gasteiger partial charge in [0.15, 0.2) is 0 Å². The van der Waals surface area contributed by atoms with Crippen molar-refractivity contribution in [3.63, 3.8) is 0 Å². The fourth-order valence-corrected chi connectivity index (χ4v) is 2.42. The summed E-state index contributed by atoms with van der Waals surface area (Å²) >= 11 is 0. The van der Waals surface area contributed by atoms with Crippen LogP contribution in [0.1, 0.15) is 32.6 Å². The van der Waals surface area contributed by atoms with E-state index in [0.717, 1.165) is 38.8 Å². The number of esters is 1. The molecule has 2 rings (SSSR count). The second kappa shape index (κ2) is 6.18. The summed E-state index contributed by atoms with van der Waals surface area (Å²) in [4.78, 5) is 25.7. The molecule has 2 aliphatic rings. The van der Waals surface area contributed by atoms with Gasteiger partial charge in [0.2, 0.25) is 5.91 Å². The number of hydrogen-bond donors (Lipinski definition) is 1. The van der Waals surface area contributed by atoms with Gasteiger partial charge in [-0.1, -0.05) is 0 Å². The summed E-state index contributed by atoms with van der Waals surface area (Å²) in [6.45, 7) is 4.01. The third-order valence-electron chi connectivity index (χ3n) is 3.52. The van der Waals surface area contributed by atoms with Gasteiger partial charge in [0.05, 0.1) is 12.5 Å². The third-order valence-corrected chi connectivity index (χ3v) is 3.52. The van der Waals surface area contributed by atoms with Gasteiger partial charge < -0.3 is 15.0 Å². The van der Waals surface area contributed by atoms with E-state index < -0.39 is 0 Å². The topological polar surface area (TPSA) is 58.6 Å². The Morgan fingerprint density at radius 2 is 2.11 bits per heavy atom. The summed E-state index contributed by atoms with van der Waals surface area (Å²) in [6.07, 6.45) is 4.00. The lowest BCUT2D eigenvalue weighted by molar-refractivity contribution is -0.151. The number of rotatable bonds is 5. The van der Waals surface area contributed by atoms with Crippen LogP contribution in [-0.2, 0) is 14.3 Å². The molecule has 18 heavy (non-hydrogen) atoms. The van der Waals surface area contributed by atoms with Crippen LogP contribution >= 0.6 is 0 Å². The Balaban J connectivity index is 1.91. The molecule has 0 aromatic rings. The molecule has 1 saturated carbocycles. The van der Waals surface area contributed by atoms with Gasteiger partial charge in [-0.05, 0) is 39.2 Å². The molecule has 1 aliphatic heterocycles. The lowest BCUT2D eigenvalue weighted by Crippen LogP contribution is -2.46. The largest absolute Gasteiger partial charge is 0.465 e. The van der Waals surface area contributed by atoms with Crippen molar-refractivity contribution in [1.29, 1.82) is 0 Å². The molecule has 1 heterocycles. The van der Waals surface area contributed by atoms with Gasteiger partial charge in [-0.3, -0.25) is 9.59 Å². The first-order chi connectivity index (χ1) is 8.72. The Hall–Kier alpha value is -1.10. The number of hydrogen-bond acceptors (Lipinski definition) is 4. The monoisotopic (exact) mass is 254 g/mol. The summed E-state index contributed by atoms with van der Waals surface area (Å²) < 4.78 is 4.94. The van der Waals surface area contributed by atoms with E-state index in [1.807, 2.05) is 0 Å². The minimum Gasteiger partial charge on any atom is -0.465 e. The SMILES string of the molecule is CCOC(=O)CN(C(=O)[C@@H]1CCCNC1)C1CC1. The lowest BCUT2D eigenvalue weighted by atomic mass is 9.98. The van der Waals surface area contributed by atoms with Crippen molar-refractivity contribution in [3.05, 3.63) is 0 Å². The van der Waals surface area contributed by atoms with Gasteiger partial charge in [0.25, 0.3) is 0 Å². The second-order valence-electron chi connectivity index (χ2n) is 5.05. The number of ether oxygens (including phenoxy) is 1. The number of nitrogens with zero attached hydrogens (tertiary/aromatic N) is 1. The van der Waals surface area contributed by atoms with E-state index in [4.69, 9.17) is 4.74 Å². The van der Waals surface area contributed by atoms with E-state index in [0.29, 0.717) is 6.61 Å². The van der Waals surface area contributed by atoms with Crippen molar-refractivity contribution in [2.24, 2.45) is 5.92 Å². The van der Waals surface area contributed by atoms with Crippen LogP contribution in [0.4, 0.5) is 0 Å². The zero-order chi connectivity index (χ0) is 13.0. The van der Waals surface area contributed by atoms with Crippen LogP contribution in [0.25, 0.3) is 0 Å². The molecule has 1 saturated heterocycles. The molecule has 0 aromatic heterocycles. The van der Waals surface area contributed by atoms with E-state index in [-0.39, 0.29) is 30.4 Å². The van der Waals surface area contributed by atoms with Crippen molar-refractivity contribution in [2.45, 2.75) is 38.6 Å². The van der Waals surface area contributed by atoms with Gasteiger partial charge in [-0.2, -0.15) is 0 Å². The number of piperidine rings is 1. The summed E-state index contributed by atoms with van der Waals surface area (Å²) in [5.41, 5.74) is 0. The highest BCUT2D eigenvalue weighted by Gasteiger charge is 2.37. The molecule has 5 heteroatoms. The molecule has 102 valence electrons. The molecule has 1 atom stereocenters. The van der Waals surface area contributed by atoms with Crippen LogP contribution in [0.15, 0.2) is 0 Å². The Morgan fingerprint density at radius 1 is 1.33 bits per heavy atom. The maximum Gasteiger partial charge on any atom is 0.325 e. The van der Waals surface area contributed by atoms with E-state index in [1.54, 1.807) is 11.8 Å². The van der Waals surface area contributed by atoms with Crippen LogP contribution in [0.5, 0.6) is 0 Å². The summed E-state index contributed by atoms with van der Waals surface area (Å²) in [5.74, 6) is -0.131. The van der Waals surface area contributed by atoms with Gasteiger partial charge in [0.1, 0.15) is 6.54 Å². The Morgan fingerprint density at radius 3 is 2.67 bits per heavy atom. The Labute approximate surface area is 108 Å². The maximum atomic E-state index is 12.4. The van der Waals surface area contributed by atoms with Crippen molar-refractivity contribution in [3.8, 4) is 0 Å². The van der Waals surface area contributed by atoms with Crippen LogP contribution in [0.2, 0.25) is 0 Å². The molecule has 1 amide bonds. The molecule has 1 aliphatic carbocycles. The molecule has 0 aromatic carbocycles. The van der Waals surface area contributed by atoms with Gasteiger partial charge in [0, 0.05) is 12.6 Å². The molecule has 0 bridgehead atoms. The highest BCUT2D eigenvalue weighted by molar-refractivity contribution is 5.84. The first kappa shape index (κ1) is 13.3. The number of carbonyl (C=O) groups excluding carboxylic acids is 2. The zero-order valence-electron chi connectivity index (χ0n) is 11.0. The van der Waals surface area contributed by atoms with Crippen molar-refractivity contribution < 1.29 is 14.3 Å². The normalized spacial score (nSPS) is 23.5. The number of nitrogens with one attached hydrogen (secondary N) is 1. The molecular formula is C13H22N2O3. The van der Waals surface area contributed by atoms with Crippen LogP contribution in [-0.4, -0.2) is 49.1 Å². The Kier molecular flexibility index (Phi) is 4.58. The van der Waals surface area contributed by atoms with E-state index in [2.05, 4.69) is 5.32 Å². The fourth-order valence-electron chi connectivity index (χ4n) is 2.42. The van der Waals surface area contributed by atoms with E-state index in [9.17, 15) is 9.59 Å². The quantitative estimate of drug-likeness (QED) is 0.728. The minimum atomic E-state index is -0.290. The fraction of sp³-hybridized carbons (Fsp3) is 0.846. The van der Waals surface area contributed by atoms with E-state index in [1.165, 1.54) is 0 Å². The highest BCUT2D eigenvalue weighted by Crippen LogP contribution is 2.29. The molecule has 0 unspecified atom stereocenters. The van der Waals surface area contributed by atoms with Gasteiger partial charge in [-0.15, -0.1) is 0 Å². The summed E-state index contributed by atoms with van der Waals surface area (Å²) in [5, 5.41) is 3.24. The molecule has 2 fully saturated rings. The highest BCUT2D eigenvalue weighted by atomic mass is 16.5. The number of amides is 1. The van der Waals surface area contributed by atoms with Crippen LogP contribution in [0, 0.1) is 5.92 Å². The molecule has 0 spiro atoms. The summed E-state index contributed by atoms with van der Waals surface area (Å²) in [7, 11) is 0. The van der Waals surface area contributed by atoms with Crippen molar-refractivity contribution in [2.75, 3.05) is 26.2 Å². The zero-order valence-corrected chi connectivity index (χ0v) is 11.0. The average Bonchev–Trinajstić information content (AvgIpc) is 3.21. The molecular weight excluding hydrogens is 232 g/mol. The molecule has 1 N–H and O–H groups in total. The van der Waals surface area contributed by atoms with Crippen molar-refractivity contribution in [1.82, 2.24) is 10.2 Å². The van der Waals surface area contributed by atoms with Crippen molar-refractivity contribution >= 4 is 11.9 Å².